The maximum absolute atomic E-state index is 5.79. The molecule has 1 aromatic heterocycles. The molecule has 0 bridgehead atoms. The molecule has 1 aliphatic rings. The van der Waals surface area contributed by atoms with Crippen molar-refractivity contribution in [2.75, 3.05) is 5.32 Å². The van der Waals surface area contributed by atoms with E-state index in [2.05, 4.69) is 16.4 Å². The molecular weight excluding hydrogens is 242 g/mol. The minimum atomic E-state index is 0.398. The normalized spacial score (nSPS) is 15.3. The summed E-state index contributed by atoms with van der Waals surface area (Å²) in [6, 6.07) is 8.61. The number of anilines is 1. The summed E-state index contributed by atoms with van der Waals surface area (Å²) in [6.07, 6.45) is 5.50. The van der Waals surface area contributed by atoms with Crippen LogP contribution < -0.4 is 11.1 Å². The van der Waals surface area contributed by atoms with E-state index in [0.29, 0.717) is 11.0 Å². The lowest BCUT2D eigenvalue weighted by Gasteiger charge is -2.29. The summed E-state index contributed by atoms with van der Waals surface area (Å²) in [5.74, 6) is 0. The van der Waals surface area contributed by atoms with Crippen molar-refractivity contribution in [2.45, 2.75) is 25.3 Å². The summed E-state index contributed by atoms with van der Waals surface area (Å²) in [4.78, 5) is 4.80. The molecule has 3 nitrogen and oxygen atoms in total. The predicted molar refractivity (Wildman–Crippen MR) is 78.9 cm³/mol. The second-order valence-corrected chi connectivity index (χ2v) is 5.14. The van der Waals surface area contributed by atoms with Gasteiger partial charge in [-0.3, -0.25) is 4.98 Å². The lowest BCUT2D eigenvalue weighted by atomic mass is 9.92. The highest BCUT2D eigenvalue weighted by Crippen LogP contribution is 2.30. The van der Waals surface area contributed by atoms with Gasteiger partial charge in [0, 0.05) is 17.6 Å². The van der Waals surface area contributed by atoms with Crippen LogP contribution in [0.25, 0.3) is 10.9 Å². The number of nitrogens with one attached hydrogen (secondary N) is 1. The highest BCUT2D eigenvalue weighted by atomic mass is 32.1. The molecule has 92 valence electrons. The van der Waals surface area contributed by atoms with Crippen LogP contribution in [0.3, 0.4) is 0 Å². The topological polar surface area (TPSA) is 50.9 Å². The third kappa shape index (κ3) is 1.93. The Labute approximate surface area is 111 Å². The standard InChI is InChI=1S/C14H15N3S/c15-14(18)11-8-16-12-7-2-1-6-10(12)13(11)17-9-4-3-5-9/h1-2,6-9H,3-5H2,(H2,15,18)(H,16,17). The van der Waals surface area contributed by atoms with Gasteiger partial charge in [0.25, 0.3) is 0 Å². The maximum atomic E-state index is 5.79. The van der Waals surface area contributed by atoms with Crippen molar-refractivity contribution in [1.29, 1.82) is 0 Å². The van der Waals surface area contributed by atoms with Crippen LogP contribution in [-0.2, 0) is 0 Å². The van der Waals surface area contributed by atoms with Crippen molar-refractivity contribution in [3.05, 3.63) is 36.0 Å². The highest BCUT2D eigenvalue weighted by Gasteiger charge is 2.20. The van der Waals surface area contributed by atoms with Crippen molar-refractivity contribution in [3.63, 3.8) is 0 Å². The number of hydrogen-bond donors (Lipinski definition) is 2. The zero-order valence-corrected chi connectivity index (χ0v) is 10.8. The Bertz CT molecular complexity index is 605. The molecule has 1 fully saturated rings. The fourth-order valence-corrected chi connectivity index (χ4v) is 2.40. The molecule has 2 aromatic rings. The molecule has 0 radical (unpaired) electrons. The Kier molecular flexibility index (Phi) is 2.88. The lowest BCUT2D eigenvalue weighted by Crippen LogP contribution is -2.28. The zero-order valence-electron chi connectivity index (χ0n) is 10.0. The van der Waals surface area contributed by atoms with Crippen molar-refractivity contribution in [3.8, 4) is 0 Å². The van der Waals surface area contributed by atoms with E-state index in [4.69, 9.17) is 18.0 Å². The Morgan fingerprint density at radius 3 is 2.78 bits per heavy atom. The number of fused-ring (bicyclic) bond motifs is 1. The van der Waals surface area contributed by atoms with Crippen LogP contribution in [0.1, 0.15) is 24.8 Å². The largest absolute Gasteiger partial charge is 0.389 e. The molecule has 4 heteroatoms. The highest BCUT2D eigenvalue weighted by molar-refractivity contribution is 7.80. The minimum Gasteiger partial charge on any atom is -0.389 e. The smallest absolute Gasteiger partial charge is 0.107 e. The molecule has 0 atom stereocenters. The number of benzene rings is 1. The average Bonchev–Trinajstić information content (AvgIpc) is 2.33. The number of rotatable bonds is 3. The van der Waals surface area contributed by atoms with Gasteiger partial charge in [-0.15, -0.1) is 0 Å². The maximum Gasteiger partial charge on any atom is 0.107 e. The summed E-state index contributed by atoms with van der Waals surface area (Å²) in [7, 11) is 0. The van der Waals surface area contributed by atoms with Gasteiger partial charge in [-0.2, -0.15) is 0 Å². The van der Waals surface area contributed by atoms with Gasteiger partial charge in [0.15, 0.2) is 0 Å². The molecule has 1 aromatic carbocycles. The summed E-state index contributed by atoms with van der Waals surface area (Å²) in [5.41, 5.74) is 8.65. The SMILES string of the molecule is NC(=S)c1cnc2ccccc2c1NC1CCC1. The van der Waals surface area contributed by atoms with Gasteiger partial charge in [0.05, 0.1) is 16.8 Å². The first-order valence-corrected chi connectivity index (χ1v) is 6.60. The number of para-hydroxylation sites is 1. The van der Waals surface area contributed by atoms with E-state index in [1.807, 2.05) is 18.2 Å². The average molecular weight is 257 g/mol. The van der Waals surface area contributed by atoms with Crippen LogP contribution in [-0.4, -0.2) is 16.0 Å². The Hall–Kier alpha value is -1.68. The monoisotopic (exact) mass is 257 g/mol. The Morgan fingerprint density at radius 1 is 1.33 bits per heavy atom. The molecule has 1 aliphatic carbocycles. The van der Waals surface area contributed by atoms with Crippen LogP contribution in [0.4, 0.5) is 5.69 Å². The molecule has 0 aliphatic heterocycles. The summed E-state index contributed by atoms with van der Waals surface area (Å²) < 4.78 is 0. The summed E-state index contributed by atoms with van der Waals surface area (Å²) >= 11 is 5.12. The first-order chi connectivity index (χ1) is 8.75. The van der Waals surface area contributed by atoms with E-state index in [9.17, 15) is 0 Å². The quantitative estimate of drug-likeness (QED) is 0.830. The second-order valence-electron chi connectivity index (χ2n) is 4.70. The zero-order chi connectivity index (χ0) is 12.5. The summed E-state index contributed by atoms with van der Waals surface area (Å²) in [5, 5.41) is 4.66. The number of aromatic nitrogens is 1. The molecule has 1 heterocycles. The number of pyridine rings is 1. The molecule has 0 unspecified atom stereocenters. The van der Waals surface area contributed by atoms with Crippen molar-refractivity contribution >= 4 is 33.8 Å². The third-order valence-electron chi connectivity index (χ3n) is 3.49. The number of nitrogens with two attached hydrogens (primary N) is 1. The van der Waals surface area contributed by atoms with E-state index >= 15 is 0 Å². The Morgan fingerprint density at radius 2 is 2.11 bits per heavy atom. The first kappa shape index (κ1) is 11.4. The molecule has 3 rings (SSSR count). The molecule has 0 saturated heterocycles. The van der Waals surface area contributed by atoms with Gasteiger partial charge in [-0.1, -0.05) is 30.4 Å². The van der Waals surface area contributed by atoms with E-state index in [0.717, 1.165) is 22.2 Å². The van der Waals surface area contributed by atoms with Gasteiger partial charge >= 0.3 is 0 Å². The van der Waals surface area contributed by atoms with Crippen LogP contribution in [0.5, 0.6) is 0 Å². The first-order valence-electron chi connectivity index (χ1n) is 6.20. The molecule has 0 amide bonds. The van der Waals surface area contributed by atoms with E-state index in [1.54, 1.807) is 6.20 Å². The van der Waals surface area contributed by atoms with Gasteiger partial charge in [-0.05, 0) is 25.3 Å². The molecule has 3 N–H and O–H groups in total. The molecule has 1 saturated carbocycles. The van der Waals surface area contributed by atoms with E-state index in [1.165, 1.54) is 19.3 Å². The van der Waals surface area contributed by atoms with E-state index < -0.39 is 0 Å². The molecule has 0 spiro atoms. The van der Waals surface area contributed by atoms with Gasteiger partial charge in [0.2, 0.25) is 0 Å². The van der Waals surface area contributed by atoms with Crippen LogP contribution >= 0.6 is 12.2 Å². The van der Waals surface area contributed by atoms with Crippen molar-refractivity contribution < 1.29 is 0 Å². The van der Waals surface area contributed by atoms with Gasteiger partial charge in [0.1, 0.15) is 4.99 Å². The fourth-order valence-electron chi connectivity index (χ4n) is 2.24. The lowest BCUT2D eigenvalue weighted by molar-refractivity contribution is 0.446. The molecule has 18 heavy (non-hydrogen) atoms. The minimum absolute atomic E-state index is 0.398. The van der Waals surface area contributed by atoms with E-state index in [-0.39, 0.29) is 0 Å². The number of hydrogen-bond acceptors (Lipinski definition) is 3. The summed E-state index contributed by atoms with van der Waals surface area (Å²) in [6.45, 7) is 0. The van der Waals surface area contributed by atoms with Crippen molar-refractivity contribution in [1.82, 2.24) is 4.98 Å². The number of nitrogens with zero attached hydrogens (tertiary/aromatic N) is 1. The van der Waals surface area contributed by atoms with Gasteiger partial charge in [-0.25, -0.2) is 0 Å². The molecular formula is C14H15N3S. The van der Waals surface area contributed by atoms with Gasteiger partial charge < -0.3 is 11.1 Å². The third-order valence-corrected chi connectivity index (χ3v) is 3.71. The van der Waals surface area contributed by atoms with Crippen LogP contribution in [0.2, 0.25) is 0 Å². The van der Waals surface area contributed by atoms with Crippen LogP contribution in [0, 0.1) is 0 Å². The number of thiocarbonyl (C=S) groups is 1. The predicted octanol–water partition coefficient (Wildman–Crippen LogP) is 2.83. The van der Waals surface area contributed by atoms with Crippen molar-refractivity contribution in [2.24, 2.45) is 5.73 Å². The fraction of sp³-hybridized carbons (Fsp3) is 0.286. The second kappa shape index (κ2) is 4.53. The Balaban J connectivity index is 2.14. The van der Waals surface area contributed by atoms with Crippen LogP contribution in [0.15, 0.2) is 30.5 Å².